The fourth-order valence-electron chi connectivity index (χ4n) is 5.02. The molecule has 4 N–H and O–H groups in total. The Morgan fingerprint density at radius 3 is 2.32 bits per heavy atom. The van der Waals surface area contributed by atoms with Gasteiger partial charge in [0.2, 0.25) is 5.95 Å². The van der Waals surface area contributed by atoms with E-state index in [4.69, 9.17) is 24.9 Å². The first-order valence-electron chi connectivity index (χ1n) is 14.1. The Morgan fingerprint density at radius 2 is 1.68 bits per heavy atom. The highest BCUT2D eigenvalue weighted by atomic mass is 32.1. The van der Waals surface area contributed by atoms with Crippen LogP contribution in [0.3, 0.4) is 0 Å². The lowest BCUT2D eigenvalue weighted by Crippen LogP contribution is -2.29. The third kappa shape index (κ3) is 8.17. The minimum absolute atomic E-state index is 0.184. The van der Waals surface area contributed by atoms with Crippen molar-refractivity contribution in [3.8, 4) is 11.1 Å². The third-order valence-corrected chi connectivity index (χ3v) is 8.26. The van der Waals surface area contributed by atoms with E-state index in [2.05, 4.69) is 64.0 Å². The second-order valence-electron chi connectivity index (χ2n) is 10.7. The van der Waals surface area contributed by atoms with Gasteiger partial charge in [-0.15, -0.1) is 11.3 Å². The maximum atomic E-state index is 10.6. The van der Waals surface area contributed by atoms with E-state index in [-0.39, 0.29) is 12.1 Å². The van der Waals surface area contributed by atoms with Gasteiger partial charge >= 0.3 is 12.1 Å². The fourth-order valence-corrected chi connectivity index (χ4v) is 6.04. The molecule has 0 aliphatic heterocycles. The number of aliphatic hydroxyl groups excluding tert-OH is 1. The van der Waals surface area contributed by atoms with Crippen LogP contribution in [0.5, 0.6) is 0 Å². The number of hydrogen-bond acceptors (Lipinski definition) is 8. The number of nitrogens with zero attached hydrogens (tertiary/aromatic N) is 4. The molecule has 0 bridgehead atoms. The van der Waals surface area contributed by atoms with E-state index in [1.54, 1.807) is 11.3 Å². The second kappa shape index (κ2) is 13.5. The minimum atomic E-state index is -5.08. The van der Waals surface area contributed by atoms with Gasteiger partial charge in [-0.2, -0.15) is 18.3 Å². The minimum Gasteiger partial charge on any atom is -0.475 e. The Balaban J connectivity index is 0.000000493. The van der Waals surface area contributed by atoms with E-state index in [0.29, 0.717) is 12.4 Å². The van der Waals surface area contributed by atoms with Crippen molar-refractivity contribution in [2.45, 2.75) is 63.8 Å². The Kier molecular flexibility index (Phi) is 9.55. The predicted octanol–water partition coefficient (Wildman–Crippen LogP) is 6.32. The molecular weight excluding hydrogens is 593 g/mol. The average Bonchev–Trinajstić information content (AvgIpc) is 3.59. The largest absolute Gasteiger partial charge is 0.490 e. The predicted molar refractivity (Wildman–Crippen MR) is 162 cm³/mol. The lowest BCUT2D eigenvalue weighted by molar-refractivity contribution is -0.192. The molecule has 0 radical (unpaired) electrons. The van der Waals surface area contributed by atoms with E-state index in [1.165, 1.54) is 5.56 Å². The van der Waals surface area contributed by atoms with E-state index in [1.807, 2.05) is 19.2 Å². The first kappa shape index (κ1) is 31.1. The fraction of sp³-hybridized carbons (Fsp3) is 0.323. The zero-order valence-electron chi connectivity index (χ0n) is 23.8. The van der Waals surface area contributed by atoms with E-state index in [9.17, 15) is 18.3 Å². The summed E-state index contributed by atoms with van der Waals surface area (Å²) in [6.07, 6.45) is 1.51. The molecule has 0 spiro atoms. The highest BCUT2D eigenvalue weighted by molar-refractivity contribution is 7.18. The molecule has 6 rings (SSSR count). The Hall–Kier alpha value is -4.36. The molecule has 13 heteroatoms. The number of aromatic amines is 1. The van der Waals surface area contributed by atoms with Crippen molar-refractivity contribution < 1.29 is 28.2 Å². The van der Waals surface area contributed by atoms with Crippen LogP contribution >= 0.6 is 11.3 Å². The number of H-pyrrole nitrogens is 1. The van der Waals surface area contributed by atoms with Gasteiger partial charge in [-0.1, -0.05) is 36.4 Å². The zero-order valence-corrected chi connectivity index (χ0v) is 24.6. The van der Waals surface area contributed by atoms with Crippen molar-refractivity contribution >= 4 is 33.5 Å². The number of benzene rings is 2. The van der Waals surface area contributed by atoms with Crippen molar-refractivity contribution in [2.75, 3.05) is 5.32 Å². The summed E-state index contributed by atoms with van der Waals surface area (Å²) >= 11 is 1.71. The molecule has 0 unspecified atom stereocenters. The lowest BCUT2D eigenvalue weighted by atomic mass is 9.93. The summed E-state index contributed by atoms with van der Waals surface area (Å²) in [6.45, 7) is 2.04. The van der Waals surface area contributed by atoms with Gasteiger partial charge in [-0.25, -0.2) is 19.7 Å². The van der Waals surface area contributed by atoms with Crippen LogP contribution in [0.4, 0.5) is 19.1 Å². The summed E-state index contributed by atoms with van der Waals surface area (Å²) in [5.41, 5.74) is 7.50. The number of anilines is 1. The molecule has 1 fully saturated rings. The van der Waals surface area contributed by atoms with Crippen molar-refractivity contribution in [1.82, 2.24) is 25.1 Å². The summed E-state index contributed by atoms with van der Waals surface area (Å²) in [5.74, 6) is -2.09. The van der Waals surface area contributed by atoms with Gasteiger partial charge in [0.15, 0.2) is 0 Å². The number of carboxylic acids is 1. The number of thiazole rings is 1. The molecule has 1 aliphatic carbocycles. The Labute approximate surface area is 255 Å². The normalized spacial score (nSPS) is 16.8. The molecule has 230 valence electrons. The SMILES string of the molecule is Cc1[nH]ncc1-c1ccc2nc(Cc3cc(Cc4ccccc4)nc(NC4CCC(O)CC4)n3)sc2c1.O=C(O)C(F)(F)F. The number of fused-ring (bicyclic) bond motifs is 1. The van der Waals surface area contributed by atoms with Crippen LogP contribution < -0.4 is 5.32 Å². The molecule has 0 saturated heterocycles. The molecular formula is C31H31F3N6O3S. The van der Waals surface area contributed by atoms with Crippen molar-refractivity contribution in [3.05, 3.63) is 88.4 Å². The molecule has 0 amide bonds. The molecule has 3 heterocycles. The molecule has 9 nitrogen and oxygen atoms in total. The number of nitrogens with one attached hydrogen (secondary N) is 2. The van der Waals surface area contributed by atoms with E-state index in [0.717, 1.165) is 75.5 Å². The van der Waals surface area contributed by atoms with Gasteiger partial charge < -0.3 is 15.5 Å². The molecule has 1 aliphatic rings. The van der Waals surface area contributed by atoms with Crippen molar-refractivity contribution in [2.24, 2.45) is 0 Å². The first-order valence-corrected chi connectivity index (χ1v) is 14.9. The van der Waals surface area contributed by atoms with Gasteiger partial charge in [0.05, 0.1) is 38.9 Å². The topological polar surface area (TPSA) is 137 Å². The van der Waals surface area contributed by atoms with Crippen LogP contribution in [0.15, 0.2) is 60.8 Å². The van der Waals surface area contributed by atoms with Gasteiger partial charge in [0.1, 0.15) is 0 Å². The average molecular weight is 625 g/mol. The lowest BCUT2D eigenvalue weighted by Gasteiger charge is -2.26. The smallest absolute Gasteiger partial charge is 0.475 e. The number of carboxylic acid groups (broad SMARTS) is 1. The summed E-state index contributed by atoms with van der Waals surface area (Å²) in [6, 6.07) is 19.2. The zero-order chi connectivity index (χ0) is 31.3. The van der Waals surface area contributed by atoms with E-state index < -0.39 is 12.1 Å². The number of aliphatic carboxylic acids is 1. The summed E-state index contributed by atoms with van der Waals surface area (Å²) < 4.78 is 32.9. The molecule has 5 aromatic rings. The third-order valence-electron chi connectivity index (χ3n) is 7.24. The van der Waals surface area contributed by atoms with Gasteiger partial charge in [-0.05, 0) is 61.9 Å². The van der Waals surface area contributed by atoms with Crippen LogP contribution in [-0.4, -0.2) is 59.7 Å². The Bertz CT molecular complexity index is 1720. The molecule has 3 aromatic heterocycles. The van der Waals surface area contributed by atoms with Crippen LogP contribution in [0.25, 0.3) is 21.3 Å². The summed E-state index contributed by atoms with van der Waals surface area (Å²) in [4.78, 5) is 23.6. The molecule has 2 aromatic carbocycles. The number of aromatic nitrogens is 5. The number of alkyl halides is 3. The van der Waals surface area contributed by atoms with Crippen LogP contribution in [0, 0.1) is 6.92 Å². The maximum absolute atomic E-state index is 10.6. The van der Waals surface area contributed by atoms with Gasteiger partial charge in [0, 0.05) is 30.1 Å². The standard InChI is InChI=1S/C29H30N6OS.C2HF3O2/c1-18-25(17-30-35-18)20-7-12-26-27(14-20)37-28(34-26)16-23-15-22(13-19-5-3-2-4-6-19)32-29(33-23)31-21-8-10-24(36)11-9-21;3-2(4,5)1(6)7/h2-7,12,14-15,17,21,24,36H,8-11,13,16H2,1H3,(H,30,35)(H,31,32,33);(H,6,7). The summed E-state index contributed by atoms with van der Waals surface area (Å²) in [7, 11) is 0. The number of hydrogen-bond donors (Lipinski definition) is 4. The molecule has 0 atom stereocenters. The Morgan fingerprint density at radius 1 is 1.00 bits per heavy atom. The number of aryl methyl sites for hydroxylation is 1. The molecule has 1 saturated carbocycles. The monoisotopic (exact) mass is 624 g/mol. The second-order valence-corrected chi connectivity index (χ2v) is 11.8. The van der Waals surface area contributed by atoms with Crippen LogP contribution in [0.2, 0.25) is 0 Å². The van der Waals surface area contributed by atoms with Gasteiger partial charge in [-0.3, -0.25) is 5.10 Å². The number of aliphatic hydroxyl groups is 1. The quantitative estimate of drug-likeness (QED) is 0.165. The number of rotatable bonds is 7. The number of carbonyl (C=O) groups is 1. The van der Waals surface area contributed by atoms with Crippen molar-refractivity contribution in [1.29, 1.82) is 0 Å². The van der Waals surface area contributed by atoms with E-state index >= 15 is 0 Å². The first-order chi connectivity index (χ1) is 21.0. The highest BCUT2D eigenvalue weighted by Crippen LogP contribution is 2.30. The maximum Gasteiger partial charge on any atom is 0.490 e. The number of halogens is 3. The van der Waals surface area contributed by atoms with Crippen molar-refractivity contribution in [3.63, 3.8) is 0 Å². The van der Waals surface area contributed by atoms with Gasteiger partial charge in [0.25, 0.3) is 0 Å². The van der Waals surface area contributed by atoms with Crippen LogP contribution in [-0.2, 0) is 17.6 Å². The highest BCUT2D eigenvalue weighted by Gasteiger charge is 2.38. The molecule has 44 heavy (non-hydrogen) atoms. The summed E-state index contributed by atoms with van der Waals surface area (Å²) in [5, 5.41) is 28.8. The van der Waals surface area contributed by atoms with Crippen LogP contribution in [0.1, 0.15) is 53.3 Å².